The van der Waals surface area contributed by atoms with Gasteiger partial charge in [0.2, 0.25) is 11.6 Å². The van der Waals surface area contributed by atoms with Crippen LogP contribution in [0.4, 0.5) is 15.8 Å². The molecule has 0 aliphatic carbocycles. The second-order valence-corrected chi connectivity index (χ2v) is 9.81. The Labute approximate surface area is 251 Å². The maximum atomic E-state index is 14.0. The highest BCUT2D eigenvalue weighted by atomic mass is 35.5. The zero-order chi connectivity index (χ0) is 30.8. The van der Waals surface area contributed by atoms with Crippen molar-refractivity contribution in [1.29, 1.82) is 0 Å². The van der Waals surface area contributed by atoms with E-state index in [1.165, 1.54) is 48.7 Å². The number of nitro benzene ring substituents is 1. The minimum Gasteiger partial charge on any atom is -0.476 e. The number of carbonyl (C=O) groups is 1. The molecule has 0 unspecified atom stereocenters. The van der Waals surface area contributed by atoms with Gasteiger partial charge < -0.3 is 14.5 Å². The molecule has 4 aromatic carbocycles. The first-order chi connectivity index (χ1) is 21.3. The number of hydrogen-bond donors (Lipinski definition) is 1. The maximum Gasteiger partial charge on any atom is 0.311 e. The normalized spacial score (nSPS) is 11.3. The number of carbonyl (C=O) groups excluding carboxylic acids is 1. The van der Waals surface area contributed by atoms with Crippen molar-refractivity contribution in [3.05, 3.63) is 128 Å². The Morgan fingerprint density at radius 1 is 1.09 bits per heavy atom. The number of ether oxygens (including phenoxy) is 1. The van der Waals surface area contributed by atoms with Gasteiger partial charge in [-0.05, 0) is 54.6 Å². The molecule has 1 amide bonds. The lowest BCUT2D eigenvalue weighted by Gasteiger charge is -2.11. The van der Waals surface area contributed by atoms with Crippen molar-refractivity contribution in [3.63, 3.8) is 0 Å². The number of aromatic nitrogens is 2. The average Bonchev–Trinajstić information content (AvgIpc) is 3.44. The number of rotatable bonds is 8. The Morgan fingerprint density at radius 2 is 1.89 bits per heavy atom. The first-order valence-electron chi connectivity index (χ1n) is 13.0. The zero-order valence-corrected chi connectivity index (χ0v) is 23.2. The highest BCUT2D eigenvalue weighted by Crippen LogP contribution is 2.31. The lowest BCUT2D eigenvalue weighted by atomic mass is 10.2. The molecule has 0 spiro atoms. The summed E-state index contributed by atoms with van der Waals surface area (Å²) >= 11 is 6.13. The number of furan rings is 1. The second-order valence-electron chi connectivity index (χ2n) is 9.38. The van der Waals surface area contributed by atoms with Crippen LogP contribution >= 0.6 is 11.6 Å². The van der Waals surface area contributed by atoms with Gasteiger partial charge in [-0.15, -0.1) is 0 Å². The smallest absolute Gasteiger partial charge is 0.311 e. The van der Waals surface area contributed by atoms with Crippen LogP contribution in [0.5, 0.6) is 5.75 Å². The first-order valence-corrected chi connectivity index (χ1v) is 13.4. The molecule has 0 atom stereocenters. The van der Waals surface area contributed by atoms with Gasteiger partial charge in [0, 0.05) is 22.0 Å². The number of halogens is 2. The SMILES string of the molecule is O=C(COc1c(C=Nn2c(-c3cc4cc(Cl)ccc4o3)nc3ccccc3c2=O)cccc1[N+](=O)[O-])Nc1ccccc1F. The predicted octanol–water partition coefficient (Wildman–Crippen LogP) is 6.41. The van der Waals surface area contributed by atoms with Crippen LogP contribution in [0.1, 0.15) is 5.56 Å². The molecule has 13 heteroatoms. The molecule has 11 nitrogen and oxygen atoms in total. The van der Waals surface area contributed by atoms with Crippen LogP contribution in [0, 0.1) is 15.9 Å². The number of anilines is 1. The number of para-hydroxylation sites is 3. The van der Waals surface area contributed by atoms with Crippen molar-refractivity contribution in [2.24, 2.45) is 5.10 Å². The van der Waals surface area contributed by atoms with Crippen molar-refractivity contribution in [2.45, 2.75) is 0 Å². The van der Waals surface area contributed by atoms with E-state index in [4.69, 9.17) is 20.8 Å². The summed E-state index contributed by atoms with van der Waals surface area (Å²) in [6, 6.07) is 23.0. The van der Waals surface area contributed by atoms with E-state index < -0.39 is 34.5 Å². The Hall–Kier alpha value is -5.88. The molecule has 218 valence electrons. The predicted molar refractivity (Wildman–Crippen MR) is 163 cm³/mol. The van der Waals surface area contributed by atoms with E-state index >= 15 is 0 Å². The minimum absolute atomic E-state index is 0.0643. The highest BCUT2D eigenvalue weighted by Gasteiger charge is 2.21. The summed E-state index contributed by atoms with van der Waals surface area (Å²) in [6.45, 7) is -0.676. The summed E-state index contributed by atoms with van der Waals surface area (Å²) in [5.41, 5.74) is -0.0686. The zero-order valence-electron chi connectivity index (χ0n) is 22.4. The van der Waals surface area contributed by atoms with Crippen LogP contribution in [0.3, 0.4) is 0 Å². The van der Waals surface area contributed by atoms with E-state index in [0.717, 1.165) is 4.68 Å². The number of nitrogens with one attached hydrogen (secondary N) is 1. The number of nitro groups is 1. The largest absolute Gasteiger partial charge is 0.476 e. The van der Waals surface area contributed by atoms with E-state index in [2.05, 4.69) is 15.4 Å². The fourth-order valence-electron chi connectivity index (χ4n) is 4.47. The standard InChI is InChI=1S/C31H19ClFN5O6/c32-20-12-13-26-19(14-20)15-27(44-26)30-36-23-9-3-1-7-21(23)31(40)37(30)34-16-18-6-5-11-25(38(41)42)29(18)43-17-28(39)35-24-10-4-2-8-22(24)33/h1-16H,17H2,(H,35,39). The fraction of sp³-hybridized carbons (Fsp3) is 0.0323. The van der Waals surface area contributed by atoms with Gasteiger partial charge in [-0.25, -0.2) is 9.37 Å². The number of nitrogens with zero attached hydrogens (tertiary/aromatic N) is 4. The molecular formula is C31H19ClFN5O6. The number of hydrogen-bond acceptors (Lipinski definition) is 8. The van der Waals surface area contributed by atoms with Gasteiger partial charge in [-0.1, -0.05) is 41.9 Å². The van der Waals surface area contributed by atoms with Gasteiger partial charge in [0.15, 0.2) is 12.4 Å². The van der Waals surface area contributed by atoms with Crippen LogP contribution in [0.2, 0.25) is 5.02 Å². The third-order valence-corrected chi connectivity index (χ3v) is 6.72. The Morgan fingerprint density at radius 3 is 2.70 bits per heavy atom. The molecule has 6 rings (SSSR count). The molecule has 0 saturated heterocycles. The molecule has 1 N–H and O–H groups in total. The lowest BCUT2D eigenvalue weighted by molar-refractivity contribution is -0.385. The quantitative estimate of drug-likeness (QED) is 0.119. The van der Waals surface area contributed by atoms with Crippen molar-refractivity contribution in [1.82, 2.24) is 9.66 Å². The fourth-order valence-corrected chi connectivity index (χ4v) is 4.65. The summed E-state index contributed by atoms with van der Waals surface area (Å²) in [4.78, 5) is 41.9. The van der Waals surface area contributed by atoms with E-state index in [1.807, 2.05) is 0 Å². The first kappa shape index (κ1) is 28.2. The van der Waals surface area contributed by atoms with Gasteiger partial charge in [-0.3, -0.25) is 19.7 Å². The van der Waals surface area contributed by atoms with Gasteiger partial charge in [0.25, 0.3) is 11.5 Å². The number of amides is 1. The molecule has 0 fully saturated rings. The molecule has 44 heavy (non-hydrogen) atoms. The molecule has 6 aromatic rings. The van der Waals surface area contributed by atoms with Crippen molar-refractivity contribution < 1.29 is 23.3 Å². The molecule has 2 heterocycles. The van der Waals surface area contributed by atoms with Crippen molar-refractivity contribution in [3.8, 4) is 17.3 Å². The molecule has 2 aromatic heterocycles. The monoisotopic (exact) mass is 611 g/mol. The molecule has 0 aliphatic heterocycles. The molecule has 0 aliphatic rings. The van der Waals surface area contributed by atoms with E-state index in [1.54, 1.807) is 48.5 Å². The highest BCUT2D eigenvalue weighted by molar-refractivity contribution is 6.31. The third kappa shape index (κ3) is 5.61. The Kier molecular flexibility index (Phi) is 7.56. The minimum atomic E-state index is -0.752. The summed E-state index contributed by atoms with van der Waals surface area (Å²) in [5, 5.41) is 20.0. The van der Waals surface area contributed by atoms with Crippen LogP contribution in [0.15, 0.2) is 105 Å². The van der Waals surface area contributed by atoms with E-state index in [9.17, 15) is 24.1 Å². The summed E-state index contributed by atoms with van der Waals surface area (Å²) in [6.07, 6.45) is 1.18. The number of benzene rings is 4. The van der Waals surface area contributed by atoms with Gasteiger partial charge in [0.05, 0.1) is 27.7 Å². The van der Waals surface area contributed by atoms with Gasteiger partial charge in [0.1, 0.15) is 11.4 Å². The van der Waals surface area contributed by atoms with Crippen molar-refractivity contribution in [2.75, 3.05) is 11.9 Å². The summed E-state index contributed by atoms with van der Waals surface area (Å²) in [5.74, 6) is -1.40. The topological polar surface area (TPSA) is 142 Å². The maximum absolute atomic E-state index is 14.0. The number of fused-ring (bicyclic) bond motifs is 2. The average molecular weight is 612 g/mol. The van der Waals surface area contributed by atoms with Crippen LogP contribution in [0.25, 0.3) is 33.5 Å². The van der Waals surface area contributed by atoms with Crippen LogP contribution < -0.4 is 15.6 Å². The van der Waals surface area contributed by atoms with E-state index in [0.29, 0.717) is 21.5 Å². The molecular weight excluding hydrogens is 593 g/mol. The molecule has 0 radical (unpaired) electrons. The van der Waals surface area contributed by atoms with Crippen LogP contribution in [-0.2, 0) is 4.79 Å². The summed E-state index contributed by atoms with van der Waals surface area (Å²) < 4.78 is 26.5. The Bertz CT molecular complexity index is 2180. The van der Waals surface area contributed by atoms with Gasteiger partial charge >= 0.3 is 5.69 Å². The van der Waals surface area contributed by atoms with Crippen molar-refractivity contribution >= 4 is 57.0 Å². The Balaban J connectivity index is 1.40. The third-order valence-electron chi connectivity index (χ3n) is 6.48. The van der Waals surface area contributed by atoms with E-state index in [-0.39, 0.29) is 34.0 Å². The molecule has 0 saturated carbocycles. The summed E-state index contributed by atoms with van der Waals surface area (Å²) in [7, 11) is 0. The van der Waals surface area contributed by atoms with Gasteiger partial charge in [-0.2, -0.15) is 9.78 Å². The molecule has 0 bridgehead atoms. The van der Waals surface area contributed by atoms with Crippen LogP contribution in [-0.4, -0.2) is 33.3 Å². The second kappa shape index (κ2) is 11.8. The lowest BCUT2D eigenvalue weighted by Crippen LogP contribution is -2.22.